The van der Waals surface area contributed by atoms with Gasteiger partial charge in [0.1, 0.15) is 0 Å². The molecule has 0 aliphatic heterocycles. The molecule has 4 rings (SSSR count). The molecule has 4 aliphatic carbocycles. The summed E-state index contributed by atoms with van der Waals surface area (Å²) in [5, 5.41) is 0. The summed E-state index contributed by atoms with van der Waals surface area (Å²) in [5.74, 6) is 2.35. The van der Waals surface area contributed by atoms with Crippen LogP contribution in [0.1, 0.15) is 72.1 Å². The Morgan fingerprint density at radius 2 is 1.44 bits per heavy atom. The summed E-state index contributed by atoms with van der Waals surface area (Å²) in [7, 11) is -4.93. The first-order valence-corrected chi connectivity index (χ1v) is 25.3. The fraction of sp³-hybridized carbons (Fsp3) is 0.933. The molecule has 0 radical (unpaired) electrons. The van der Waals surface area contributed by atoms with Gasteiger partial charge in [-0.15, -0.1) is 0 Å². The summed E-state index contributed by atoms with van der Waals surface area (Å²) in [6, 6.07) is 0. The van der Waals surface area contributed by atoms with E-state index in [2.05, 4.69) is 85.8 Å². The molecular formula is C30H58O3Si3. The number of rotatable bonds is 7. The number of fused-ring (bicyclic) bond motifs is 5. The second-order valence-corrected chi connectivity index (χ2v) is 29.7. The minimum absolute atomic E-state index is 0.138. The maximum atomic E-state index is 7.35. The van der Waals surface area contributed by atoms with Crippen molar-refractivity contribution < 1.29 is 13.3 Å². The predicted molar refractivity (Wildman–Crippen MR) is 161 cm³/mol. The Morgan fingerprint density at radius 1 is 0.806 bits per heavy atom. The molecule has 0 aromatic rings. The van der Waals surface area contributed by atoms with E-state index in [4.69, 9.17) is 13.3 Å². The van der Waals surface area contributed by atoms with Crippen molar-refractivity contribution in [2.24, 2.45) is 28.6 Å². The second-order valence-electron chi connectivity index (χ2n) is 16.3. The Labute approximate surface area is 226 Å². The Kier molecular flexibility index (Phi) is 7.67. The summed E-state index contributed by atoms with van der Waals surface area (Å²) in [6.07, 6.45) is 13.4. The van der Waals surface area contributed by atoms with Crippen molar-refractivity contribution in [3.63, 3.8) is 0 Å². The topological polar surface area (TPSA) is 27.7 Å². The molecule has 36 heavy (non-hydrogen) atoms. The lowest BCUT2D eigenvalue weighted by atomic mass is 9.46. The van der Waals surface area contributed by atoms with Crippen molar-refractivity contribution in [3.8, 4) is 0 Å². The molecule has 0 spiro atoms. The fourth-order valence-corrected chi connectivity index (χ4v) is 13.4. The van der Waals surface area contributed by atoms with Crippen LogP contribution in [-0.2, 0) is 13.3 Å². The summed E-state index contributed by atoms with van der Waals surface area (Å²) in [6.45, 7) is 28.8. The third-order valence-corrected chi connectivity index (χ3v) is 13.5. The van der Waals surface area contributed by atoms with Gasteiger partial charge in [-0.2, -0.15) is 0 Å². The molecule has 0 heterocycles. The first kappa shape index (κ1) is 29.3. The SMILES string of the molecule is C[C@H](O[Si](C)(C)C)[C@@]1(O[Si](C)(C)C)CC[C@H]2[C@@H]3CC=C4C[C@@H](O[Si](C)(C)C)CC[C@]4(C)[C@H]3CC[C@@]21C. The van der Waals surface area contributed by atoms with Crippen molar-refractivity contribution in [1.29, 1.82) is 0 Å². The van der Waals surface area contributed by atoms with Crippen LogP contribution >= 0.6 is 0 Å². The maximum Gasteiger partial charge on any atom is 0.184 e. The lowest BCUT2D eigenvalue weighted by molar-refractivity contribution is -0.155. The standard InChI is InChI=1S/C30H58O3Si3/c1-22(31-34(4,5)6)30(33-36(10,11)12)20-17-27-25-14-13-23-21-24(32-35(7,8)9)15-18-28(23,2)26(25)16-19-29(27,30)3/h13,22,24-27H,14-21H2,1-12H3/t22-,24-,25+,26-,27-,28-,29-,30-/m0/s1. The minimum Gasteiger partial charge on any atom is -0.414 e. The van der Waals surface area contributed by atoms with Crippen molar-refractivity contribution in [2.75, 3.05) is 0 Å². The van der Waals surface area contributed by atoms with Crippen LogP contribution in [0.4, 0.5) is 0 Å². The summed E-state index contributed by atoms with van der Waals surface area (Å²) in [4.78, 5) is 0. The number of hydrogen-bond acceptors (Lipinski definition) is 3. The minimum atomic E-state index is -1.76. The molecule has 208 valence electrons. The van der Waals surface area contributed by atoms with Gasteiger partial charge in [-0.3, -0.25) is 0 Å². The first-order valence-electron chi connectivity index (χ1n) is 15.1. The van der Waals surface area contributed by atoms with Gasteiger partial charge in [0.15, 0.2) is 25.0 Å². The third-order valence-electron chi connectivity index (χ3n) is 10.4. The predicted octanol–water partition coefficient (Wildman–Crippen LogP) is 9.00. The van der Waals surface area contributed by atoms with E-state index in [1.807, 2.05) is 0 Å². The normalized spacial score (nSPS) is 42.3. The van der Waals surface area contributed by atoms with E-state index in [-0.39, 0.29) is 17.1 Å². The van der Waals surface area contributed by atoms with Crippen LogP contribution in [0.15, 0.2) is 11.6 Å². The van der Waals surface area contributed by atoms with Crippen LogP contribution in [0.3, 0.4) is 0 Å². The van der Waals surface area contributed by atoms with Crippen LogP contribution in [0.5, 0.6) is 0 Å². The van der Waals surface area contributed by atoms with E-state index in [1.54, 1.807) is 5.57 Å². The molecule has 6 heteroatoms. The van der Waals surface area contributed by atoms with Gasteiger partial charge in [0.2, 0.25) is 0 Å². The van der Waals surface area contributed by atoms with Crippen molar-refractivity contribution in [2.45, 2.75) is 149 Å². The summed E-state index contributed by atoms with van der Waals surface area (Å²) in [5.41, 5.74) is 2.17. The van der Waals surface area contributed by atoms with Crippen LogP contribution < -0.4 is 0 Å². The molecule has 3 saturated carbocycles. The van der Waals surface area contributed by atoms with E-state index in [1.165, 1.54) is 51.4 Å². The quantitative estimate of drug-likeness (QED) is 0.234. The molecule has 0 bridgehead atoms. The molecule has 3 fully saturated rings. The van der Waals surface area contributed by atoms with Gasteiger partial charge < -0.3 is 13.3 Å². The lowest BCUT2D eigenvalue weighted by Crippen LogP contribution is -2.63. The average Bonchev–Trinajstić information content (AvgIpc) is 2.98. The van der Waals surface area contributed by atoms with E-state index in [0.717, 1.165) is 17.8 Å². The second kappa shape index (κ2) is 9.43. The van der Waals surface area contributed by atoms with E-state index in [9.17, 15) is 0 Å². The molecule has 0 saturated heterocycles. The molecule has 3 nitrogen and oxygen atoms in total. The molecule has 0 unspecified atom stereocenters. The zero-order valence-electron chi connectivity index (χ0n) is 25.8. The molecule has 0 aromatic carbocycles. The van der Waals surface area contributed by atoms with Gasteiger partial charge in [-0.25, -0.2) is 0 Å². The first-order chi connectivity index (χ1) is 16.3. The molecule has 0 aromatic heterocycles. The van der Waals surface area contributed by atoms with Gasteiger partial charge in [0, 0.05) is 11.5 Å². The zero-order chi connectivity index (χ0) is 26.9. The summed E-state index contributed by atoms with van der Waals surface area (Å²) < 4.78 is 20.8. The van der Waals surface area contributed by atoms with E-state index >= 15 is 0 Å². The van der Waals surface area contributed by atoms with Crippen molar-refractivity contribution in [3.05, 3.63) is 11.6 Å². The highest BCUT2D eigenvalue weighted by Crippen LogP contribution is 2.69. The van der Waals surface area contributed by atoms with Crippen LogP contribution in [0.2, 0.25) is 58.9 Å². The fourth-order valence-electron chi connectivity index (χ4n) is 9.35. The molecule has 0 amide bonds. The molecular weight excluding hydrogens is 493 g/mol. The molecule has 8 atom stereocenters. The maximum absolute atomic E-state index is 7.35. The largest absolute Gasteiger partial charge is 0.414 e. The number of allylic oxidation sites excluding steroid dienone is 1. The monoisotopic (exact) mass is 550 g/mol. The van der Waals surface area contributed by atoms with Crippen molar-refractivity contribution >= 4 is 25.0 Å². The number of hydrogen-bond donors (Lipinski definition) is 0. The van der Waals surface area contributed by atoms with Gasteiger partial charge in [-0.05, 0) is 140 Å². The highest BCUT2D eigenvalue weighted by atomic mass is 28.4. The van der Waals surface area contributed by atoms with E-state index < -0.39 is 25.0 Å². The Balaban J connectivity index is 1.63. The molecule has 4 aliphatic rings. The van der Waals surface area contributed by atoms with E-state index in [0.29, 0.717) is 11.5 Å². The lowest BCUT2D eigenvalue weighted by Gasteiger charge is -2.61. The molecule has 0 N–H and O–H groups in total. The van der Waals surface area contributed by atoms with Crippen LogP contribution in [0, 0.1) is 28.6 Å². The smallest absolute Gasteiger partial charge is 0.184 e. The van der Waals surface area contributed by atoms with Gasteiger partial charge in [0.25, 0.3) is 0 Å². The Bertz CT molecular complexity index is 853. The van der Waals surface area contributed by atoms with Crippen molar-refractivity contribution in [1.82, 2.24) is 0 Å². The van der Waals surface area contributed by atoms with Gasteiger partial charge >= 0.3 is 0 Å². The van der Waals surface area contributed by atoms with Gasteiger partial charge in [0.05, 0.1) is 11.7 Å². The highest BCUT2D eigenvalue weighted by Gasteiger charge is 2.67. The average molecular weight is 551 g/mol. The highest BCUT2D eigenvalue weighted by molar-refractivity contribution is 6.70. The zero-order valence-corrected chi connectivity index (χ0v) is 28.8. The van der Waals surface area contributed by atoms with Crippen LogP contribution in [-0.4, -0.2) is 42.8 Å². The Morgan fingerprint density at radius 3 is 2.03 bits per heavy atom. The van der Waals surface area contributed by atoms with Crippen LogP contribution in [0.25, 0.3) is 0 Å². The summed E-state index contributed by atoms with van der Waals surface area (Å²) >= 11 is 0. The third kappa shape index (κ3) is 5.34. The Hall–Kier alpha value is 0.271. The van der Waals surface area contributed by atoms with Gasteiger partial charge in [-0.1, -0.05) is 25.5 Å².